The third-order valence-corrected chi connectivity index (χ3v) is 20.6. The number of ether oxygens (including phenoxy) is 8. The predicted octanol–water partition coefficient (Wildman–Crippen LogP) is 22.8. The topological polar surface area (TPSA) is 223 Å². The third-order valence-electron chi connectivity index (χ3n) is 20.6. The Bertz CT molecular complexity index is 3060. The summed E-state index contributed by atoms with van der Waals surface area (Å²) in [7, 11) is 0. The van der Waals surface area contributed by atoms with Gasteiger partial charge in [0.1, 0.15) is 46.0 Å². The lowest BCUT2D eigenvalue weighted by Crippen LogP contribution is -2.19. The van der Waals surface area contributed by atoms with Crippen LogP contribution in [0, 0.1) is 0 Å². The molecule has 16 heteroatoms. The van der Waals surface area contributed by atoms with Crippen LogP contribution in [0.15, 0.2) is 48.5 Å². The molecule has 1 aliphatic rings. The second-order valence-corrected chi connectivity index (χ2v) is 28.8. The highest BCUT2D eigenvalue weighted by atomic mass is 16.6. The van der Waals surface area contributed by atoms with Gasteiger partial charge in [0.15, 0.2) is 26.4 Å². The quantitative estimate of drug-likeness (QED) is 0.0183. The van der Waals surface area contributed by atoms with Gasteiger partial charge in [-0.3, -0.25) is 0 Å². The summed E-state index contributed by atoms with van der Waals surface area (Å²) in [6.07, 6.45) is 40.1. The second kappa shape index (κ2) is 52.2. The number of carbonyl (C=O) groups excluding carboxylic acids is 4. The first-order valence-corrected chi connectivity index (χ1v) is 41.3. The zero-order chi connectivity index (χ0) is 75.1. The standard InChI is InChI=1S/C88H136O16/c1-9-17-21-25-29-33-37-41-45-49-65-69-53-70(78(90)57-77(69)89)66(50-46-42-38-34-30-26-22-18-10-2)75-56-76(84(104-64-88(96)100-16-8)60-83(75)103-63-87(95)99-15-7)68(52-48-44-40-36-32-28-24-20-12-4)72-55-74(82(59-80(72)92)102-62-86(94)98-14-6)67(51-47-43-39-35-31-27-23-19-11-3)71-54-73(65)81(58-79(71)91)101-61-85(93)97-13-5/h53-60,65-68,89-92H,9-52,61-64H2,1-8H3/t65-,66+,67-,68-/m0/s1. The van der Waals surface area contributed by atoms with Crippen molar-refractivity contribution in [2.24, 2.45) is 0 Å². The first kappa shape index (κ1) is 87.8. The first-order chi connectivity index (χ1) is 50.7. The van der Waals surface area contributed by atoms with Crippen LogP contribution in [0.25, 0.3) is 0 Å². The molecule has 0 fully saturated rings. The van der Waals surface area contributed by atoms with Gasteiger partial charge in [0.05, 0.1) is 26.4 Å². The minimum absolute atomic E-state index is 0.115. The summed E-state index contributed by atoms with van der Waals surface area (Å²) in [5, 5.41) is 51.8. The van der Waals surface area contributed by atoms with Gasteiger partial charge in [-0.25, -0.2) is 19.2 Å². The summed E-state index contributed by atoms with van der Waals surface area (Å²) < 4.78 is 48.5. The predicted molar refractivity (Wildman–Crippen MR) is 416 cm³/mol. The minimum atomic E-state index is -0.686. The highest BCUT2D eigenvalue weighted by Crippen LogP contribution is 2.53. The molecule has 4 aromatic carbocycles. The molecule has 0 saturated carbocycles. The van der Waals surface area contributed by atoms with Crippen molar-refractivity contribution in [1.29, 1.82) is 0 Å². The molecule has 5 rings (SSSR count). The lowest BCUT2D eigenvalue weighted by molar-refractivity contribution is -0.146. The van der Waals surface area contributed by atoms with Gasteiger partial charge in [0.25, 0.3) is 0 Å². The van der Waals surface area contributed by atoms with Crippen LogP contribution in [0.5, 0.6) is 46.0 Å². The van der Waals surface area contributed by atoms with Crippen molar-refractivity contribution in [2.75, 3.05) is 52.9 Å². The summed E-state index contributed by atoms with van der Waals surface area (Å²) in [5.41, 5.74) is 4.37. The van der Waals surface area contributed by atoms with E-state index in [1.807, 2.05) is 24.3 Å². The van der Waals surface area contributed by atoms with Crippen molar-refractivity contribution in [2.45, 2.75) is 336 Å². The van der Waals surface area contributed by atoms with E-state index in [0.717, 1.165) is 122 Å². The van der Waals surface area contributed by atoms with Gasteiger partial charge in [-0.2, -0.15) is 0 Å². The summed E-state index contributed by atoms with van der Waals surface area (Å²) in [5.74, 6) is -4.77. The van der Waals surface area contributed by atoms with Crippen LogP contribution in [0.3, 0.4) is 0 Å². The number of fused-ring (bicyclic) bond motifs is 8. The average Bonchev–Trinajstić information content (AvgIpc) is 0.753. The van der Waals surface area contributed by atoms with Crippen LogP contribution in [0.4, 0.5) is 0 Å². The maximum absolute atomic E-state index is 13.6. The van der Waals surface area contributed by atoms with E-state index < -0.39 is 74.0 Å². The molecular formula is C88H136O16. The fourth-order valence-corrected chi connectivity index (χ4v) is 15.0. The second-order valence-electron chi connectivity index (χ2n) is 28.8. The number of phenolic OH excluding ortho intramolecular Hbond substituents is 4. The number of aromatic hydroxyl groups is 4. The number of esters is 4. The van der Waals surface area contributed by atoms with Gasteiger partial charge in [-0.15, -0.1) is 0 Å². The molecule has 4 N–H and O–H groups in total. The summed E-state index contributed by atoms with van der Waals surface area (Å²) >= 11 is 0. The Morgan fingerprint density at radius 1 is 0.240 bits per heavy atom. The summed E-state index contributed by atoms with van der Waals surface area (Å²) in [6.45, 7) is 14.4. The van der Waals surface area contributed by atoms with Crippen molar-refractivity contribution in [3.05, 3.63) is 93.0 Å². The van der Waals surface area contributed by atoms with Gasteiger partial charge in [0.2, 0.25) is 0 Å². The van der Waals surface area contributed by atoms with E-state index >= 15 is 0 Å². The number of carbonyl (C=O) groups is 4. The molecular weight excluding hydrogens is 1310 g/mol. The van der Waals surface area contributed by atoms with Crippen molar-refractivity contribution >= 4 is 23.9 Å². The fraction of sp³-hybridized carbons (Fsp3) is 0.682. The Hall–Kier alpha value is -6.84. The SMILES string of the molecule is CCCCCCCCCCC[C@@H]1c2cc(c(O)cc2O)[C@H](CCCCCCCCCCC)c2cc(c(O)cc2OCC(=O)OCC)[C@H](CCCCCCCCCCC)c2cc(c(O)cc2OCC(=O)OCC)[C@H](CCCCCCCCCCC)c2cc1c(OCC(=O)OCC)cc2OCC(=O)OCC. The largest absolute Gasteiger partial charge is 0.508 e. The van der Waals surface area contributed by atoms with Gasteiger partial charge in [0, 0.05) is 92.4 Å². The Morgan fingerprint density at radius 3 is 0.644 bits per heavy atom. The molecule has 104 heavy (non-hydrogen) atoms. The number of hydrogen-bond acceptors (Lipinski definition) is 16. The average molecular weight is 1450 g/mol. The Morgan fingerprint density at radius 2 is 0.423 bits per heavy atom. The number of rotatable bonds is 56. The van der Waals surface area contributed by atoms with Crippen LogP contribution in [-0.4, -0.2) is 97.2 Å². The van der Waals surface area contributed by atoms with E-state index in [9.17, 15) is 39.6 Å². The molecule has 0 unspecified atom stereocenters. The Balaban J connectivity index is 2.01. The molecule has 0 saturated heterocycles. The maximum Gasteiger partial charge on any atom is 0.344 e. The number of unbranched alkanes of at least 4 members (excludes halogenated alkanes) is 32. The smallest absolute Gasteiger partial charge is 0.344 e. The normalized spacial score (nSPS) is 14.8. The van der Waals surface area contributed by atoms with Gasteiger partial charge in [-0.05, 0) is 77.6 Å². The molecule has 0 amide bonds. The van der Waals surface area contributed by atoms with Crippen LogP contribution < -0.4 is 18.9 Å². The Labute approximate surface area is 626 Å². The molecule has 8 bridgehead atoms. The van der Waals surface area contributed by atoms with Crippen LogP contribution in [0.1, 0.15) is 380 Å². The van der Waals surface area contributed by atoms with Gasteiger partial charge < -0.3 is 58.3 Å². The molecule has 1 aliphatic carbocycles. The van der Waals surface area contributed by atoms with Crippen molar-refractivity contribution < 1.29 is 77.5 Å². The number of phenols is 4. The number of benzene rings is 4. The Kier molecular flexibility index (Phi) is 44.1. The molecule has 16 nitrogen and oxygen atoms in total. The molecule has 0 aliphatic heterocycles. The molecule has 0 heterocycles. The van der Waals surface area contributed by atoms with Crippen LogP contribution in [0.2, 0.25) is 0 Å². The highest BCUT2D eigenvalue weighted by molar-refractivity contribution is 5.73. The van der Waals surface area contributed by atoms with Crippen LogP contribution >= 0.6 is 0 Å². The van der Waals surface area contributed by atoms with E-state index in [1.165, 1.54) is 109 Å². The van der Waals surface area contributed by atoms with Crippen LogP contribution in [-0.2, 0) is 38.1 Å². The minimum Gasteiger partial charge on any atom is -0.508 e. The van der Waals surface area contributed by atoms with E-state index in [1.54, 1.807) is 45.9 Å². The van der Waals surface area contributed by atoms with E-state index in [0.29, 0.717) is 76.6 Å². The summed E-state index contributed by atoms with van der Waals surface area (Å²) in [4.78, 5) is 54.2. The zero-order valence-electron chi connectivity index (χ0n) is 65.6. The van der Waals surface area contributed by atoms with Crippen molar-refractivity contribution in [1.82, 2.24) is 0 Å². The maximum atomic E-state index is 13.6. The summed E-state index contributed by atoms with van der Waals surface area (Å²) in [6, 6.07) is 14.1. The van der Waals surface area contributed by atoms with E-state index in [4.69, 9.17) is 37.9 Å². The fourth-order valence-electron chi connectivity index (χ4n) is 15.0. The van der Waals surface area contributed by atoms with Crippen molar-refractivity contribution in [3.8, 4) is 46.0 Å². The van der Waals surface area contributed by atoms with E-state index in [-0.39, 0.29) is 72.4 Å². The molecule has 0 radical (unpaired) electrons. The lowest BCUT2D eigenvalue weighted by atomic mass is 9.76. The van der Waals surface area contributed by atoms with Gasteiger partial charge in [-0.1, -0.05) is 259 Å². The lowest BCUT2D eigenvalue weighted by Gasteiger charge is -2.31. The molecule has 584 valence electrons. The van der Waals surface area contributed by atoms with Gasteiger partial charge >= 0.3 is 23.9 Å². The van der Waals surface area contributed by atoms with Crippen molar-refractivity contribution in [3.63, 3.8) is 0 Å². The molecule has 0 spiro atoms. The monoisotopic (exact) mass is 1450 g/mol. The zero-order valence-corrected chi connectivity index (χ0v) is 65.6. The molecule has 4 atom stereocenters. The molecule has 4 aromatic rings. The van der Waals surface area contributed by atoms with E-state index in [2.05, 4.69) is 27.7 Å². The third kappa shape index (κ3) is 30.9. The highest BCUT2D eigenvalue weighted by Gasteiger charge is 2.35. The number of hydrogen-bond donors (Lipinski definition) is 4. The molecule has 0 aromatic heterocycles. The first-order valence-electron chi connectivity index (χ1n) is 41.3.